The Kier molecular flexibility index (Phi) is 6.42. The lowest BCUT2D eigenvalue weighted by atomic mass is 10.3. The number of halogens is 1. The molecule has 1 aromatic carbocycles. The highest BCUT2D eigenvalue weighted by Gasteiger charge is 2.26. The van der Waals surface area contributed by atoms with Crippen LogP contribution in [0, 0.1) is 15.9 Å². The summed E-state index contributed by atoms with van der Waals surface area (Å²) >= 11 is 0. The van der Waals surface area contributed by atoms with Gasteiger partial charge in [0.2, 0.25) is 5.69 Å². The van der Waals surface area contributed by atoms with Crippen molar-refractivity contribution in [2.24, 2.45) is 0 Å². The zero-order chi connectivity index (χ0) is 21.0. The van der Waals surface area contributed by atoms with Crippen LogP contribution in [0.4, 0.5) is 10.1 Å². The Bertz CT molecular complexity index is 1000. The lowest BCUT2D eigenvalue weighted by Crippen LogP contribution is -2.14. The number of fused-ring (bicyclic) bond motifs is 1. The van der Waals surface area contributed by atoms with E-state index in [1.807, 2.05) is 13.8 Å². The second-order valence-corrected chi connectivity index (χ2v) is 6.53. The van der Waals surface area contributed by atoms with E-state index in [0.717, 1.165) is 12.8 Å². The Morgan fingerprint density at radius 3 is 2.76 bits per heavy atom. The number of hydrogen-bond donors (Lipinski definition) is 1. The van der Waals surface area contributed by atoms with Crippen molar-refractivity contribution in [3.8, 4) is 17.3 Å². The fourth-order valence-corrected chi connectivity index (χ4v) is 3.01. The number of nitrogens with zero attached hydrogens (tertiary/aromatic N) is 4. The van der Waals surface area contributed by atoms with Crippen molar-refractivity contribution in [2.45, 2.75) is 46.3 Å². The third-order valence-corrected chi connectivity index (χ3v) is 4.31. The molecule has 0 spiro atoms. The summed E-state index contributed by atoms with van der Waals surface area (Å²) < 4.78 is 26.6. The van der Waals surface area contributed by atoms with Crippen molar-refractivity contribution in [3.63, 3.8) is 0 Å². The van der Waals surface area contributed by atoms with Gasteiger partial charge in [0.1, 0.15) is 12.4 Å². The van der Waals surface area contributed by atoms with E-state index in [9.17, 15) is 14.5 Å². The van der Waals surface area contributed by atoms with Crippen LogP contribution in [-0.2, 0) is 4.74 Å². The predicted molar refractivity (Wildman–Crippen MR) is 105 cm³/mol. The highest BCUT2D eigenvalue weighted by molar-refractivity contribution is 5.81. The van der Waals surface area contributed by atoms with Crippen LogP contribution in [-0.4, -0.2) is 37.9 Å². The average Bonchev–Trinajstić information content (AvgIpc) is 3.29. The molecule has 3 rings (SSSR count). The smallest absolute Gasteiger partial charge is 0.318 e. The van der Waals surface area contributed by atoms with Crippen LogP contribution in [0.15, 0.2) is 18.3 Å². The van der Waals surface area contributed by atoms with Crippen molar-refractivity contribution < 1.29 is 18.8 Å². The summed E-state index contributed by atoms with van der Waals surface area (Å²) in [6, 6.07) is 2.71. The number of H-pyrrole nitrogens is 1. The Morgan fingerprint density at radius 2 is 2.10 bits per heavy atom. The monoisotopic (exact) mass is 405 g/mol. The Balaban J connectivity index is 2.05. The third-order valence-electron chi connectivity index (χ3n) is 4.31. The van der Waals surface area contributed by atoms with Gasteiger partial charge in [0.05, 0.1) is 22.6 Å². The van der Waals surface area contributed by atoms with Gasteiger partial charge in [0, 0.05) is 18.7 Å². The first-order valence-electron chi connectivity index (χ1n) is 9.66. The van der Waals surface area contributed by atoms with Crippen LogP contribution in [0.2, 0.25) is 0 Å². The highest BCUT2D eigenvalue weighted by Crippen LogP contribution is 2.32. The van der Waals surface area contributed by atoms with Gasteiger partial charge in [-0.3, -0.25) is 10.1 Å². The zero-order valence-corrected chi connectivity index (χ0v) is 16.6. The number of imidazole rings is 1. The lowest BCUT2D eigenvalue weighted by Gasteiger charge is -2.16. The Morgan fingerprint density at radius 1 is 1.31 bits per heavy atom. The number of nitro groups is 1. The summed E-state index contributed by atoms with van der Waals surface area (Å²) in [5.41, 5.74) is 0.708. The molecule has 0 saturated heterocycles. The van der Waals surface area contributed by atoms with Crippen LogP contribution < -0.4 is 4.74 Å². The number of ether oxygens (including phenoxy) is 2. The van der Waals surface area contributed by atoms with E-state index in [1.165, 1.54) is 23.0 Å². The Labute approximate surface area is 167 Å². The maximum atomic E-state index is 14.1. The van der Waals surface area contributed by atoms with E-state index in [1.54, 1.807) is 6.92 Å². The number of aromatic nitrogens is 4. The van der Waals surface area contributed by atoms with Crippen molar-refractivity contribution >= 4 is 16.7 Å². The van der Waals surface area contributed by atoms with E-state index in [2.05, 4.69) is 15.1 Å². The predicted octanol–water partition coefficient (Wildman–Crippen LogP) is 4.60. The molecule has 0 aliphatic carbocycles. The molecule has 0 saturated carbocycles. The van der Waals surface area contributed by atoms with E-state index >= 15 is 0 Å². The molecule has 2 heterocycles. The van der Waals surface area contributed by atoms with Crippen LogP contribution in [0.1, 0.15) is 46.3 Å². The molecule has 1 N–H and O–H groups in total. The van der Waals surface area contributed by atoms with Gasteiger partial charge in [-0.25, -0.2) is 14.1 Å². The van der Waals surface area contributed by atoms with E-state index in [4.69, 9.17) is 9.47 Å². The first kappa shape index (κ1) is 20.7. The number of aromatic amines is 1. The Hall–Kier alpha value is -3.01. The fourth-order valence-electron chi connectivity index (χ4n) is 3.01. The second kappa shape index (κ2) is 8.99. The standard InChI is InChI=1S/C19H24FN5O4/c1-4-7-17(29-8-5-2)24-11-15(25(26)27)18(23-24)19-21-13-9-12(20)16(28-6-3)10-14(13)22-19/h9-11,17H,4-8H2,1-3H3,(H,21,22). The number of rotatable bonds is 10. The van der Waals surface area contributed by atoms with Crippen molar-refractivity contribution in [3.05, 3.63) is 34.3 Å². The molecule has 1 atom stereocenters. The summed E-state index contributed by atoms with van der Waals surface area (Å²) in [5, 5.41) is 16.0. The minimum Gasteiger partial charge on any atom is -0.491 e. The summed E-state index contributed by atoms with van der Waals surface area (Å²) in [5.74, 6) is -0.274. The molecule has 0 radical (unpaired) electrons. The van der Waals surface area contributed by atoms with Crippen LogP contribution in [0.25, 0.3) is 22.6 Å². The van der Waals surface area contributed by atoms with E-state index < -0.39 is 17.0 Å². The van der Waals surface area contributed by atoms with Gasteiger partial charge in [-0.2, -0.15) is 5.10 Å². The van der Waals surface area contributed by atoms with Crippen LogP contribution in [0.3, 0.4) is 0 Å². The normalized spacial score (nSPS) is 12.4. The SMILES string of the molecule is CCCOC(CCC)n1cc([N+](=O)[O-])c(-c2nc3cc(OCC)c(F)cc3[nH]2)n1. The quantitative estimate of drug-likeness (QED) is 0.390. The van der Waals surface area contributed by atoms with Gasteiger partial charge in [0.25, 0.3) is 0 Å². The second-order valence-electron chi connectivity index (χ2n) is 6.53. The molecule has 0 fully saturated rings. The molecule has 0 aliphatic rings. The third kappa shape index (κ3) is 4.37. The first-order valence-corrected chi connectivity index (χ1v) is 9.66. The van der Waals surface area contributed by atoms with E-state index in [-0.39, 0.29) is 23.0 Å². The van der Waals surface area contributed by atoms with E-state index in [0.29, 0.717) is 30.7 Å². The van der Waals surface area contributed by atoms with Crippen molar-refractivity contribution in [1.82, 2.24) is 19.7 Å². The molecular formula is C19H24FN5O4. The minimum absolute atomic E-state index is 0.0748. The summed E-state index contributed by atoms with van der Waals surface area (Å²) in [6.45, 7) is 6.59. The molecule has 0 amide bonds. The van der Waals surface area contributed by atoms with Crippen molar-refractivity contribution in [1.29, 1.82) is 0 Å². The van der Waals surface area contributed by atoms with Gasteiger partial charge < -0.3 is 14.5 Å². The van der Waals surface area contributed by atoms with Gasteiger partial charge in [-0.05, 0) is 19.8 Å². The summed E-state index contributed by atoms with van der Waals surface area (Å²) in [6.07, 6.45) is 3.28. The van der Waals surface area contributed by atoms with Crippen molar-refractivity contribution in [2.75, 3.05) is 13.2 Å². The molecule has 9 nitrogen and oxygen atoms in total. The highest BCUT2D eigenvalue weighted by atomic mass is 19.1. The zero-order valence-electron chi connectivity index (χ0n) is 16.6. The largest absolute Gasteiger partial charge is 0.491 e. The summed E-state index contributed by atoms with van der Waals surface area (Å²) in [7, 11) is 0. The average molecular weight is 405 g/mol. The molecular weight excluding hydrogens is 381 g/mol. The number of nitrogens with one attached hydrogen (secondary N) is 1. The molecule has 156 valence electrons. The molecule has 1 unspecified atom stereocenters. The molecule has 0 aliphatic heterocycles. The molecule has 10 heteroatoms. The fraction of sp³-hybridized carbons (Fsp3) is 0.474. The van der Waals surface area contributed by atoms with Gasteiger partial charge in [-0.1, -0.05) is 20.3 Å². The van der Waals surface area contributed by atoms with Crippen LogP contribution in [0.5, 0.6) is 5.75 Å². The molecule has 3 aromatic rings. The topological polar surface area (TPSA) is 108 Å². The first-order chi connectivity index (χ1) is 14.0. The molecule has 0 bridgehead atoms. The molecule has 2 aromatic heterocycles. The number of hydrogen-bond acceptors (Lipinski definition) is 6. The molecule has 29 heavy (non-hydrogen) atoms. The summed E-state index contributed by atoms with van der Waals surface area (Å²) in [4.78, 5) is 18.4. The van der Waals surface area contributed by atoms with Gasteiger partial charge >= 0.3 is 5.69 Å². The van der Waals surface area contributed by atoms with Gasteiger partial charge in [-0.15, -0.1) is 0 Å². The maximum Gasteiger partial charge on any atom is 0.318 e. The van der Waals surface area contributed by atoms with Crippen LogP contribution >= 0.6 is 0 Å². The lowest BCUT2D eigenvalue weighted by molar-refractivity contribution is -0.384. The number of benzene rings is 1. The maximum absolute atomic E-state index is 14.1. The minimum atomic E-state index is -0.537. The van der Waals surface area contributed by atoms with Gasteiger partial charge in [0.15, 0.2) is 17.4 Å².